The first-order chi connectivity index (χ1) is 10.8. The molecule has 2 heterocycles. The molecule has 110 valence electrons. The van der Waals surface area contributed by atoms with Gasteiger partial charge in [0.05, 0.1) is 11.0 Å². The van der Waals surface area contributed by atoms with Gasteiger partial charge in [0.2, 0.25) is 0 Å². The molecule has 1 amide bonds. The van der Waals surface area contributed by atoms with Crippen LogP contribution >= 0.6 is 0 Å². The molecule has 1 aliphatic heterocycles. The minimum Gasteiger partial charge on any atom is -0.340 e. The molecule has 3 aromatic rings. The molecule has 0 spiro atoms. The number of aromatic nitrogens is 2. The van der Waals surface area contributed by atoms with E-state index in [0.717, 1.165) is 28.0 Å². The Bertz CT molecular complexity index is 821. The first-order valence-corrected chi connectivity index (χ1v) is 7.34. The number of rotatable bonds is 3. The number of hydrogen-bond acceptors (Lipinski definition) is 3. The van der Waals surface area contributed by atoms with E-state index in [1.165, 1.54) is 0 Å². The van der Waals surface area contributed by atoms with Crippen molar-refractivity contribution in [2.45, 2.75) is 6.04 Å². The normalized spacial score (nSPS) is 17.2. The van der Waals surface area contributed by atoms with Crippen LogP contribution in [0.5, 0.6) is 0 Å². The van der Waals surface area contributed by atoms with Crippen molar-refractivity contribution in [3.8, 4) is 0 Å². The van der Waals surface area contributed by atoms with Crippen LogP contribution in [0.4, 0.5) is 0 Å². The quantitative estimate of drug-likeness (QED) is 0.776. The van der Waals surface area contributed by atoms with Gasteiger partial charge in [0.15, 0.2) is 0 Å². The van der Waals surface area contributed by atoms with Crippen LogP contribution in [0.1, 0.15) is 27.8 Å². The van der Waals surface area contributed by atoms with E-state index in [1.807, 2.05) is 48.5 Å². The second kappa shape index (κ2) is 4.96. The first-order valence-electron chi connectivity index (χ1n) is 7.34. The fourth-order valence-corrected chi connectivity index (χ4v) is 3.14. The van der Waals surface area contributed by atoms with Crippen LogP contribution in [0.25, 0.3) is 11.0 Å². The van der Waals surface area contributed by atoms with E-state index in [2.05, 4.69) is 9.97 Å². The summed E-state index contributed by atoms with van der Waals surface area (Å²) in [7, 11) is 0. The van der Waals surface area contributed by atoms with E-state index >= 15 is 0 Å². The molecule has 1 atom stereocenters. The van der Waals surface area contributed by atoms with Gasteiger partial charge >= 0.3 is 0 Å². The van der Waals surface area contributed by atoms with Crippen molar-refractivity contribution in [2.24, 2.45) is 5.73 Å². The summed E-state index contributed by atoms with van der Waals surface area (Å²) in [6.07, 6.45) is 0. The Hall–Kier alpha value is -2.66. The maximum atomic E-state index is 12.6. The Kier molecular flexibility index (Phi) is 2.94. The molecular formula is C17H16N4O. The number of nitrogens with two attached hydrogens (primary N) is 1. The molecule has 5 heteroatoms. The minimum absolute atomic E-state index is 0.0199. The van der Waals surface area contributed by atoms with Crippen molar-refractivity contribution in [1.82, 2.24) is 14.9 Å². The molecule has 4 rings (SSSR count). The van der Waals surface area contributed by atoms with Gasteiger partial charge in [0.25, 0.3) is 5.91 Å². The van der Waals surface area contributed by atoms with Crippen LogP contribution in [0, 0.1) is 0 Å². The number of aromatic amines is 1. The Balaban J connectivity index is 1.88. The van der Waals surface area contributed by atoms with E-state index in [-0.39, 0.29) is 11.9 Å². The number of carbonyl (C=O) groups is 1. The number of amides is 1. The predicted molar refractivity (Wildman–Crippen MR) is 84.5 cm³/mol. The van der Waals surface area contributed by atoms with E-state index in [4.69, 9.17) is 5.73 Å². The lowest BCUT2D eigenvalue weighted by atomic mass is 10.0. The molecule has 0 saturated carbocycles. The number of H-pyrrole nitrogens is 1. The minimum atomic E-state index is -0.195. The number of benzene rings is 2. The van der Waals surface area contributed by atoms with Gasteiger partial charge in [-0.05, 0) is 23.8 Å². The summed E-state index contributed by atoms with van der Waals surface area (Å²) in [5.74, 6) is 0.805. The highest BCUT2D eigenvalue weighted by Crippen LogP contribution is 2.37. The van der Waals surface area contributed by atoms with Gasteiger partial charge in [-0.15, -0.1) is 0 Å². The van der Waals surface area contributed by atoms with Gasteiger partial charge in [-0.2, -0.15) is 0 Å². The van der Waals surface area contributed by atoms with E-state index in [9.17, 15) is 4.79 Å². The Morgan fingerprint density at radius 2 is 1.91 bits per heavy atom. The zero-order chi connectivity index (χ0) is 15.1. The van der Waals surface area contributed by atoms with Crippen molar-refractivity contribution in [3.05, 3.63) is 65.5 Å². The molecule has 0 radical (unpaired) electrons. The van der Waals surface area contributed by atoms with E-state index in [0.29, 0.717) is 13.1 Å². The molecule has 1 unspecified atom stereocenters. The highest BCUT2D eigenvalue weighted by Gasteiger charge is 2.38. The highest BCUT2D eigenvalue weighted by atomic mass is 16.2. The van der Waals surface area contributed by atoms with Gasteiger partial charge in [0, 0.05) is 18.7 Å². The van der Waals surface area contributed by atoms with E-state index < -0.39 is 0 Å². The molecule has 0 bridgehead atoms. The van der Waals surface area contributed by atoms with Crippen LogP contribution in [0.2, 0.25) is 0 Å². The smallest absolute Gasteiger partial charge is 0.255 e. The predicted octanol–water partition coefficient (Wildman–Crippen LogP) is 2.07. The maximum absolute atomic E-state index is 12.6. The number of nitrogens with zero attached hydrogens (tertiary/aromatic N) is 2. The second-order valence-electron chi connectivity index (χ2n) is 5.42. The first kappa shape index (κ1) is 13.0. The van der Waals surface area contributed by atoms with Crippen LogP contribution in [-0.2, 0) is 0 Å². The molecule has 3 N–H and O–H groups in total. The third-order valence-electron chi connectivity index (χ3n) is 4.10. The average Bonchev–Trinajstić information content (AvgIpc) is 3.08. The fourth-order valence-electron chi connectivity index (χ4n) is 3.14. The van der Waals surface area contributed by atoms with E-state index in [1.54, 1.807) is 4.90 Å². The summed E-state index contributed by atoms with van der Waals surface area (Å²) in [5, 5.41) is 0. The summed E-state index contributed by atoms with van der Waals surface area (Å²) in [4.78, 5) is 22.4. The number of nitrogens with one attached hydrogen (secondary N) is 1. The molecule has 0 saturated heterocycles. The van der Waals surface area contributed by atoms with Crippen molar-refractivity contribution >= 4 is 16.9 Å². The summed E-state index contributed by atoms with van der Waals surface area (Å²) in [6.45, 7) is 0.936. The van der Waals surface area contributed by atoms with Gasteiger partial charge in [0.1, 0.15) is 11.9 Å². The van der Waals surface area contributed by atoms with Crippen LogP contribution in [-0.4, -0.2) is 33.9 Å². The maximum Gasteiger partial charge on any atom is 0.255 e. The van der Waals surface area contributed by atoms with Crippen LogP contribution in [0.15, 0.2) is 48.5 Å². The average molecular weight is 292 g/mol. The number of imidazole rings is 1. The lowest BCUT2D eigenvalue weighted by Gasteiger charge is -2.23. The van der Waals surface area contributed by atoms with Crippen molar-refractivity contribution in [3.63, 3.8) is 0 Å². The summed E-state index contributed by atoms with van der Waals surface area (Å²) in [5.41, 5.74) is 9.30. The molecule has 1 aromatic heterocycles. The van der Waals surface area contributed by atoms with Gasteiger partial charge in [-0.1, -0.05) is 30.3 Å². The lowest BCUT2D eigenvalue weighted by molar-refractivity contribution is 0.0750. The third-order valence-corrected chi connectivity index (χ3v) is 4.10. The number of carbonyl (C=O) groups excluding carboxylic acids is 1. The molecule has 0 fully saturated rings. The van der Waals surface area contributed by atoms with Crippen LogP contribution < -0.4 is 5.73 Å². The van der Waals surface area contributed by atoms with Gasteiger partial charge < -0.3 is 15.6 Å². The third kappa shape index (κ3) is 1.83. The van der Waals surface area contributed by atoms with Gasteiger partial charge in [-0.3, -0.25) is 4.79 Å². The lowest BCUT2D eigenvalue weighted by Crippen LogP contribution is -2.33. The SMILES string of the molecule is NCCN1C(=O)c2ccccc2C1c1nc2ccccc2[nH]1. The fraction of sp³-hybridized carbons (Fsp3) is 0.176. The standard InChI is InChI=1S/C17H16N4O/c18-9-10-21-15(11-5-1-2-6-12(11)17(21)22)16-19-13-7-3-4-8-14(13)20-16/h1-8,15H,9-10,18H2,(H,19,20). The van der Waals surface area contributed by atoms with Crippen molar-refractivity contribution in [2.75, 3.05) is 13.1 Å². The Labute approximate surface area is 127 Å². The molecule has 5 nitrogen and oxygen atoms in total. The molecule has 1 aliphatic rings. The molecule has 2 aromatic carbocycles. The number of hydrogen-bond donors (Lipinski definition) is 2. The molecule has 22 heavy (non-hydrogen) atoms. The summed E-state index contributed by atoms with van der Waals surface area (Å²) >= 11 is 0. The monoisotopic (exact) mass is 292 g/mol. The van der Waals surface area contributed by atoms with Crippen LogP contribution in [0.3, 0.4) is 0 Å². The summed E-state index contributed by atoms with van der Waals surface area (Å²) < 4.78 is 0. The van der Waals surface area contributed by atoms with Gasteiger partial charge in [-0.25, -0.2) is 4.98 Å². The highest BCUT2D eigenvalue weighted by molar-refractivity contribution is 5.99. The number of fused-ring (bicyclic) bond motifs is 2. The van der Waals surface area contributed by atoms with Crippen molar-refractivity contribution in [1.29, 1.82) is 0 Å². The molecular weight excluding hydrogens is 276 g/mol. The zero-order valence-corrected chi connectivity index (χ0v) is 12.0. The van der Waals surface area contributed by atoms with Crippen molar-refractivity contribution < 1.29 is 4.79 Å². The summed E-state index contributed by atoms with van der Waals surface area (Å²) in [6, 6.07) is 15.4. The topological polar surface area (TPSA) is 75.0 Å². The Morgan fingerprint density at radius 3 is 2.73 bits per heavy atom. The number of para-hydroxylation sites is 2. The Morgan fingerprint density at radius 1 is 1.14 bits per heavy atom. The zero-order valence-electron chi connectivity index (χ0n) is 12.0. The second-order valence-corrected chi connectivity index (χ2v) is 5.42. The molecule has 0 aliphatic carbocycles. The largest absolute Gasteiger partial charge is 0.340 e.